The van der Waals surface area contributed by atoms with Crippen LogP contribution in [0.1, 0.15) is 57.8 Å². The maximum atomic E-state index is 7.00. The summed E-state index contributed by atoms with van der Waals surface area (Å²) in [5, 5.41) is 9.85. The van der Waals surface area contributed by atoms with Crippen molar-refractivity contribution in [2.75, 3.05) is 6.54 Å². The molecule has 0 aromatic rings. The summed E-state index contributed by atoms with van der Waals surface area (Å²) in [5.74, 6) is 1.11. The van der Waals surface area contributed by atoms with Crippen molar-refractivity contribution >= 4 is 5.96 Å². The van der Waals surface area contributed by atoms with E-state index in [0.29, 0.717) is 0 Å². The smallest absolute Gasteiger partial charge is 0.185 e. The second kappa shape index (κ2) is 7.55. The molecule has 15 heavy (non-hydrogen) atoms. The monoisotopic (exact) mass is 211 g/mol. The van der Waals surface area contributed by atoms with E-state index in [0.717, 1.165) is 18.9 Å². The molecule has 1 aliphatic rings. The zero-order valence-corrected chi connectivity index (χ0v) is 9.73. The first kappa shape index (κ1) is 12.3. The van der Waals surface area contributed by atoms with Gasteiger partial charge in [0.2, 0.25) is 0 Å². The van der Waals surface area contributed by atoms with Crippen LogP contribution in [0.2, 0.25) is 0 Å². The number of guanidine groups is 1. The number of rotatable bonds is 6. The molecule has 1 saturated carbocycles. The summed E-state index contributed by atoms with van der Waals surface area (Å²) in [6.45, 7) is 0.861. The van der Waals surface area contributed by atoms with Crippen LogP contribution in [0.25, 0.3) is 0 Å². The zero-order chi connectivity index (χ0) is 10.9. The van der Waals surface area contributed by atoms with Gasteiger partial charge in [0.25, 0.3) is 0 Å². The van der Waals surface area contributed by atoms with Crippen LogP contribution in [-0.2, 0) is 0 Å². The van der Waals surface area contributed by atoms with E-state index in [9.17, 15) is 0 Å². The third-order valence-corrected chi connectivity index (χ3v) is 3.33. The summed E-state index contributed by atoms with van der Waals surface area (Å²) >= 11 is 0. The second-order valence-electron chi connectivity index (χ2n) is 4.69. The molecule has 3 heteroatoms. The Bertz CT molecular complexity index is 174. The molecule has 0 bridgehead atoms. The van der Waals surface area contributed by atoms with E-state index in [2.05, 4.69) is 5.32 Å². The molecule has 0 heterocycles. The van der Waals surface area contributed by atoms with Crippen molar-refractivity contribution in [2.24, 2.45) is 11.7 Å². The average Bonchev–Trinajstić information content (AvgIpc) is 2.24. The molecule has 0 amide bonds. The van der Waals surface area contributed by atoms with Crippen LogP contribution >= 0.6 is 0 Å². The van der Waals surface area contributed by atoms with Crippen molar-refractivity contribution in [1.82, 2.24) is 5.32 Å². The first-order valence-electron chi connectivity index (χ1n) is 6.37. The lowest BCUT2D eigenvalue weighted by atomic mass is 9.86. The highest BCUT2D eigenvalue weighted by Crippen LogP contribution is 2.27. The Morgan fingerprint density at radius 1 is 1.13 bits per heavy atom. The molecular weight excluding hydrogens is 186 g/mol. The quantitative estimate of drug-likeness (QED) is 0.359. The number of nitrogens with one attached hydrogen (secondary N) is 2. The predicted octanol–water partition coefficient (Wildman–Crippen LogP) is 2.61. The molecule has 0 aromatic carbocycles. The Kier molecular flexibility index (Phi) is 6.21. The fourth-order valence-electron chi connectivity index (χ4n) is 2.43. The van der Waals surface area contributed by atoms with E-state index in [1.165, 1.54) is 51.4 Å². The Labute approximate surface area is 93.3 Å². The Morgan fingerprint density at radius 2 is 1.87 bits per heavy atom. The van der Waals surface area contributed by atoms with Gasteiger partial charge >= 0.3 is 0 Å². The van der Waals surface area contributed by atoms with Crippen LogP contribution in [0.4, 0.5) is 0 Å². The van der Waals surface area contributed by atoms with E-state index in [1.807, 2.05) is 0 Å². The summed E-state index contributed by atoms with van der Waals surface area (Å²) in [6.07, 6.45) is 12.5. The van der Waals surface area contributed by atoms with E-state index in [4.69, 9.17) is 11.1 Å². The van der Waals surface area contributed by atoms with Gasteiger partial charge in [0, 0.05) is 6.54 Å². The second-order valence-corrected chi connectivity index (χ2v) is 4.69. The molecule has 1 fully saturated rings. The lowest BCUT2D eigenvalue weighted by Crippen LogP contribution is -2.30. The van der Waals surface area contributed by atoms with Gasteiger partial charge in [-0.1, -0.05) is 51.4 Å². The first-order chi connectivity index (χ1) is 7.29. The van der Waals surface area contributed by atoms with Gasteiger partial charge in [-0.05, 0) is 12.3 Å². The normalized spacial score (nSPS) is 17.6. The van der Waals surface area contributed by atoms with Crippen molar-refractivity contribution < 1.29 is 0 Å². The van der Waals surface area contributed by atoms with E-state index in [1.54, 1.807) is 0 Å². The van der Waals surface area contributed by atoms with Crippen LogP contribution in [0.5, 0.6) is 0 Å². The lowest BCUT2D eigenvalue weighted by molar-refractivity contribution is 0.328. The molecule has 3 nitrogen and oxygen atoms in total. The highest BCUT2D eigenvalue weighted by Gasteiger charge is 2.12. The van der Waals surface area contributed by atoms with Gasteiger partial charge in [0.1, 0.15) is 0 Å². The van der Waals surface area contributed by atoms with Crippen LogP contribution < -0.4 is 11.1 Å². The van der Waals surface area contributed by atoms with Gasteiger partial charge in [-0.3, -0.25) is 5.41 Å². The molecule has 0 spiro atoms. The molecule has 1 rings (SSSR count). The topological polar surface area (TPSA) is 61.9 Å². The third kappa shape index (κ3) is 6.37. The van der Waals surface area contributed by atoms with Gasteiger partial charge in [0.05, 0.1) is 0 Å². The summed E-state index contributed by atoms with van der Waals surface area (Å²) < 4.78 is 0. The van der Waals surface area contributed by atoms with Crippen molar-refractivity contribution in [3.05, 3.63) is 0 Å². The fourth-order valence-corrected chi connectivity index (χ4v) is 2.43. The first-order valence-corrected chi connectivity index (χ1v) is 6.37. The summed E-state index contributed by atoms with van der Waals surface area (Å²) in [6, 6.07) is 0. The molecule has 0 aromatic heterocycles. The maximum absolute atomic E-state index is 7.00. The largest absolute Gasteiger partial charge is 0.370 e. The minimum absolute atomic E-state index is 0.0993. The zero-order valence-electron chi connectivity index (χ0n) is 9.73. The molecule has 0 atom stereocenters. The van der Waals surface area contributed by atoms with Crippen LogP contribution in [0.3, 0.4) is 0 Å². The summed E-state index contributed by atoms with van der Waals surface area (Å²) in [5.41, 5.74) is 5.20. The van der Waals surface area contributed by atoms with Gasteiger partial charge in [-0.2, -0.15) is 0 Å². The van der Waals surface area contributed by atoms with E-state index >= 15 is 0 Å². The number of unbranched alkanes of at least 4 members (excludes halogenated alkanes) is 2. The van der Waals surface area contributed by atoms with Crippen molar-refractivity contribution in [2.45, 2.75) is 57.8 Å². The number of hydrogen-bond acceptors (Lipinski definition) is 1. The molecule has 0 saturated heterocycles. The van der Waals surface area contributed by atoms with Gasteiger partial charge in [0.15, 0.2) is 5.96 Å². The summed E-state index contributed by atoms with van der Waals surface area (Å²) in [4.78, 5) is 0. The standard InChI is InChI=1S/C12H25N3/c13-12(14)15-10-6-2-5-9-11-7-3-1-4-8-11/h11H,1-10H2,(H4,13,14,15). The summed E-state index contributed by atoms with van der Waals surface area (Å²) in [7, 11) is 0. The highest BCUT2D eigenvalue weighted by molar-refractivity contribution is 5.74. The van der Waals surface area contributed by atoms with Gasteiger partial charge in [-0.15, -0.1) is 0 Å². The van der Waals surface area contributed by atoms with Crippen molar-refractivity contribution in [3.63, 3.8) is 0 Å². The molecule has 88 valence electrons. The fraction of sp³-hybridized carbons (Fsp3) is 0.917. The van der Waals surface area contributed by atoms with Crippen molar-refractivity contribution in [3.8, 4) is 0 Å². The molecule has 1 aliphatic carbocycles. The predicted molar refractivity (Wildman–Crippen MR) is 65.0 cm³/mol. The third-order valence-electron chi connectivity index (χ3n) is 3.33. The van der Waals surface area contributed by atoms with E-state index < -0.39 is 0 Å². The minimum atomic E-state index is 0.0993. The molecule has 0 unspecified atom stereocenters. The van der Waals surface area contributed by atoms with E-state index in [-0.39, 0.29) is 5.96 Å². The molecule has 0 radical (unpaired) electrons. The molecular formula is C12H25N3. The Hall–Kier alpha value is -0.730. The molecule has 4 N–H and O–H groups in total. The van der Waals surface area contributed by atoms with Gasteiger partial charge < -0.3 is 11.1 Å². The number of hydrogen-bond donors (Lipinski definition) is 3. The Balaban J connectivity index is 1.85. The minimum Gasteiger partial charge on any atom is -0.370 e. The van der Waals surface area contributed by atoms with Crippen LogP contribution in [-0.4, -0.2) is 12.5 Å². The van der Waals surface area contributed by atoms with Crippen LogP contribution in [0.15, 0.2) is 0 Å². The van der Waals surface area contributed by atoms with Gasteiger partial charge in [-0.25, -0.2) is 0 Å². The Morgan fingerprint density at radius 3 is 2.53 bits per heavy atom. The average molecular weight is 211 g/mol. The maximum Gasteiger partial charge on any atom is 0.185 e. The van der Waals surface area contributed by atoms with Crippen LogP contribution in [0, 0.1) is 11.3 Å². The SMILES string of the molecule is N=C(N)NCCCCCC1CCCCC1. The molecule has 0 aliphatic heterocycles. The highest BCUT2D eigenvalue weighted by atomic mass is 15.0. The number of nitrogens with two attached hydrogens (primary N) is 1. The lowest BCUT2D eigenvalue weighted by Gasteiger charge is -2.21. The van der Waals surface area contributed by atoms with Crippen molar-refractivity contribution in [1.29, 1.82) is 5.41 Å².